The van der Waals surface area contributed by atoms with Crippen molar-refractivity contribution in [2.45, 2.75) is 33.6 Å². The van der Waals surface area contributed by atoms with Gasteiger partial charge in [0.25, 0.3) is 5.91 Å². The van der Waals surface area contributed by atoms with Crippen molar-refractivity contribution in [2.75, 3.05) is 20.3 Å². The number of nitrogens with one attached hydrogen (secondary N) is 1. The maximum atomic E-state index is 12.5. The van der Waals surface area contributed by atoms with E-state index in [2.05, 4.69) is 30.4 Å². The molecule has 0 aromatic heterocycles. The summed E-state index contributed by atoms with van der Waals surface area (Å²) in [6.45, 7) is 8.40. The number of nitrogens with zero attached hydrogens (tertiary/aromatic N) is 1. The van der Waals surface area contributed by atoms with Crippen LogP contribution in [0.25, 0.3) is 0 Å². The van der Waals surface area contributed by atoms with Gasteiger partial charge in [-0.2, -0.15) is 5.10 Å². The van der Waals surface area contributed by atoms with Gasteiger partial charge in [-0.05, 0) is 85.0 Å². The van der Waals surface area contributed by atoms with Crippen molar-refractivity contribution < 1.29 is 28.5 Å². The fourth-order valence-electron chi connectivity index (χ4n) is 3.35. The highest BCUT2D eigenvalue weighted by Gasteiger charge is 2.13. The third-order valence-corrected chi connectivity index (χ3v) is 5.43. The van der Waals surface area contributed by atoms with Gasteiger partial charge < -0.3 is 18.9 Å². The van der Waals surface area contributed by atoms with E-state index in [1.165, 1.54) is 13.3 Å². The van der Waals surface area contributed by atoms with Gasteiger partial charge in [0.15, 0.2) is 18.1 Å². The summed E-state index contributed by atoms with van der Waals surface area (Å²) in [6, 6.07) is 17.6. The van der Waals surface area contributed by atoms with E-state index >= 15 is 0 Å². The molecule has 0 aliphatic rings. The van der Waals surface area contributed by atoms with Crippen molar-refractivity contribution in [3.8, 4) is 23.0 Å². The zero-order chi connectivity index (χ0) is 26.8. The average molecular weight is 505 g/mol. The van der Waals surface area contributed by atoms with Gasteiger partial charge in [0, 0.05) is 0 Å². The minimum atomic E-state index is -0.524. The number of hydrazone groups is 1. The summed E-state index contributed by atoms with van der Waals surface area (Å²) in [7, 11) is 1.47. The standard InChI is InChI=1S/C29H32N2O6/c1-6-35-24-12-10-22(11-13-24)29(33)37-25-14-8-21(15-27(25)34-5)17-30-31-28(32)18-36-26-16-23(19(2)3)9-7-20(26)4/h7-17,19H,6,18H2,1-5H3,(H,31,32). The molecular formula is C29H32N2O6. The molecule has 3 aromatic rings. The van der Waals surface area contributed by atoms with Crippen molar-refractivity contribution in [1.82, 2.24) is 5.43 Å². The van der Waals surface area contributed by atoms with Gasteiger partial charge >= 0.3 is 5.97 Å². The lowest BCUT2D eigenvalue weighted by Gasteiger charge is -2.12. The van der Waals surface area contributed by atoms with E-state index in [1.807, 2.05) is 26.0 Å². The summed E-state index contributed by atoms with van der Waals surface area (Å²) in [5.74, 6) is 1.40. The van der Waals surface area contributed by atoms with Crippen LogP contribution < -0.4 is 24.4 Å². The first-order valence-electron chi connectivity index (χ1n) is 12.0. The number of benzene rings is 3. The number of amides is 1. The molecule has 1 N–H and O–H groups in total. The monoisotopic (exact) mass is 504 g/mol. The van der Waals surface area contributed by atoms with Crippen molar-refractivity contribution >= 4 is 18.1 Å². The Kier molecular flexibility index (Phi) is 9.66. The fourth-order valence-corrected chi connectivity index (χ4v) is 3.35. The molecule has 1 amide bonds. The Morgan fingerprint density at radius 3 is 2.38 bits per heavy atom. The second-order valence-corrected chi connectivity index (χ2v) is 8.52. The van der Waals surface area contributed by atoms with Crippen LogP contribution >= 0.6 is 0 Å². The van der Waals surface area contributed by atoms with Gasteiger partial charge in [-0.15, -0.1) is 0 Å². The van der Waals surface area contributed by atoms with Crippen LogP contribution in [0.1, 0.15) is 53.7 Å². The molecular weight excluding hydrogens is 472 g/mol. The van der Waals surface area contributed by atoms with Crippen LogP contribution in [-0.2, 0) is 4.79 Å². The third kappa shape index (κ3) is 7.83. The van der Waals surface area contributed by atoms with E-state index in [0.29, 0.717) is 40.9 Å². The van der Waals surface area contributed by atoms with Gasteiger partial charge in [-0.1, -0.05) is 26.0 Å². The van der Waals surface area contributed by atoms with E-state index in [0.717, 1.165) is 11.1 Å². The zero-order valence-corrected chi connectivity index (χ0v) is 21.7. The van der Waals surface area contributed by atoms with E-state index in [9.17, 15) is 9.59 Å². The van der Waals surface area contributed by atoms with Crippen LogP contribution in [0.15, 0.2) is 65.8 Å². The molecule has 0 saturated carbocycles. The number of aryl methyl sites for hydroxylation is 1. The molecule has 0 fully saturated rings. The van der Waals surface area contributed by atoms with Gasteiger partial charge in [0.05, 0.1) is 25.5 Å². The Morgan fingerprint density at radius 1 is 0.946 bits per heavy atom. The third-order valence-electron chi connectivity index (χ3n) is 5.43. The summed E-state index contributed by atoms with van der Waals surface area (Å²) < 4.78 is 21.9. The number of hydrogen-bond acceptors (Lipinski definition) is 7. The molecule has 0 heterocycles. The molecule has 0 spiro atoms. The molecule has 8 nitrogen and oxygen atoms in total. The van der Waals surface area contributed by atoms with Gasteiger partial charge in [-0.25, -0.2) is 10.2 Å². The van der Waals surface area contributed by atoms with Crippen molar-refractivity contribution in [3.05, 3.63) is 82.9 Å². The van der Waals surface area contributed by atoms with Crippen molar-refractivity contribution in [3.63, 3.8) is 0 Å². The molecule has 3 aromatic carbocycles. The predicted octanol–water partition coefficient (Wildman–Crippen LogP) is 5.27. The highest BCUT2D eigenvalue weighted by atomic mass is 16.6. The molecule has 37 heavy (non-hydrogen) atoms. The summed E-state index contributed by atoms with van der Waals surface area (Å²) >= 11 is 0. The Morgan fingerprint density at radius 2 is 1.70 bits per heavy atom. The van der Waals surface area contributed by atoms with Gasteiger partial charge in [-0.3, -0.25) is 4.79 Å². The zero-order valence-electron chi connectivity index (χ0n) is 21.7. The lowest BCUT2D eigenvalue weighted by molar-refractivity contribution is -0.123. The first kappa shape index (κ1) is 27.3. The molecule has 194 valence electrons. The first-order valence-corrected chi connectivity index (χ1v) is 12.0. The lowest BCUT2D eigenvalue weighted by Crippen LogP contribution is -2.24. The van der Waals surface area contributed by atoms with Crippen LogP contribution in [-0.4, -0.2) is 38.4 Å². The molecule has 3 rings (SSSR count). The summed E-state index contributed by atoms with van der Waals surface area (Å²) in [5.41, 5.74) is 5.56. The highest BCUT2D eigenvalue weighted by molar-refractivity contribution is 5.92. The van der Waals surface area contributed by atoms with Crippen LogP contribution in [0, 0.1) is 6.92 Å². The minimum absolute atomic E-state index is 0.163. The van der Waals surface area contributed by atoms with Crippen molar-refractivity contribution in [2.24, 2.45) is 5.10 Å². The number of esters is 1. The Balaban J connectivity index is 1.56. The van der Waals surface area contributed by atoms with Crippen molar-refractivity contribution in [1.29, 1.82) is 0 Å². The van der Waals surface area contributed by atoms with E-state index in [-0.39, 0.29) is 12.4 Å². The Labute approximate surface area is 217 Å². The smallest absolute Gasteiger partial charge is 0.343 e. The van der Waals surface area contributed by atoms with E-state index in [1.54, 1.807) is 42.5 Å². The Bertz CT molecular complexity index is 1250. The maximum Gasteiger partial charge on any atom is 0.343 e. The summed E-state index contributed by atoms with van der Waals surface area (Å²) in [6.07, 6.45) is 1.46. The van der Waals surface area contributed by atoms with E-state index < -0.39 is 11.9 Å². The number of carbonyl (C=O) groups is 2. The Hall–Kier alpha value is -4.33. The summed E-state index contributed by atoms with van der Waals surface area (Å²) in [4.78, 5) is 24.7. The molecule has 0 aliphatic heterocycles. The number of carbonyl (C=O) groups excluding carboxylic acids is 2. The predicted molar refractivity (Wildman–Crippen MR) is 142 cm³/mol. The van der Waals surface area contributed by atoms with Gasteiger partial charge in [0.1, 0.15) is 11.5 Å². The van der Waals surface area contributed by atoms with E-state index in [4.69, 9.17) is 18.9 Å². The number of hydrogen-bond donors (Lipinski definition) is 1. The molecule has 0 unspecified atom stereocenters. The normalized spacial score (nSPS) is 10.9. The maximum absolute atomic E-state index is 12.5. The number of ether oxygens (including phenoxy) is 4. The number of methoxy groups -OCH3 is 1. The fraction of sp³-hybridized carbons (Fsp3) is 0.276. The largest absolute Gasteiger partial charge is 0.494 e. The van der Waals surface area contributed by atoms with Crippen LogP contribution in [0.5, 0.6) is 23.0 Å². The minimum Gasteiger partial charge on any atom is -0.494 e. The second kappa shape index (κ2) is 13.1. The molecule has 8 heteroatoms. The average Bonchev–Trinajstić information content (AvgIpc) is 2.89. The number of rotatable bonds is 11. The highest BCUT2D eigenvalue weighted by Crippen LogP contribution is 2.29. The van der Waals surface area contributed by atoms with Crippen LogP contribution in [0.2, 0.25) is 0 Å². The SMILES string of the molecule is CCOc1ccc(C(=O)Oc2ccc(C=NNC(=O)COc3cc(C(C)C)ccc3C)cc2OC)cc1. The molecule has 0 bridgehead atoms. The first-order chi connectivity index (χ1) is 17.8. The molecule has 0 aliphatic carbocycles. The summed E-state index contributed by atoms with van der Waals surface area (Å²) in [5, 5.41) is 3.98. The quantitative estimate of drug-likeness (QED) is 0.165. The molecule has 0 saturated heterocycles. The lowest BCUT2D eigenvalue weighted by atomic mass is 10.0. The van der Waals surface area contributed by atoms with Gasteiger partial charge in [0.2, 0.25) is 0 Å². The van der Waals surface area contributed by atoms with Crippen LogP contribution in [0.4, 0.5) is 0 Å². The molecule has 0 radical (unpaired) electrons. The van der Waals surface area contributed by atoms with Crippen LogP contribution in [0.3, 0.4) is 0 Å². The second-order valence-electron chi connectivity index (χ2n) is 8.52. The topological polar surface area (TPSA) is 95.5 Å². The molecule has 0 atom stereocenters.